The van der Waals surface area contributed by atoms with Crippen molar-refractivity contribution in [3.63, 3.8) is 0 Å². The maximum Gasteiger partial charge on any atom is 0.306 e. The van der Waals surface area contributed by atoms with E-state index in [4.69, 9.17) is 14.2 Å². The van der Waals surface area contributed by atoms with Crippen molar-refractivity contribution in [3.05, 3.63) is 231 Å². The number of hydrogen-bond acceptors (Lipinski definition) is 6. The van der Waals surface area contributed by atoms with Crippen LogP contribution in [0.25, 0.3) is 0 Å². The quantitative estimate of drug-likeness (QED) is 0.0261. The number of rotatable bonds is 54. The number of hydrogen-bond donors (Lipinski definition) is 0. The molecule has 0 aliphatic carbocycles. The van der Waals surface area contributed by atoms with Gasteiger partial charge in [0.1, 0.15) is 13.2 Å². The highest BCUT2D eigenvalue weighted by Gasteiger charge is 2.19. The van der Waals surface area contributed by atoms with Crippen LogP contribution in [0.4, 0.5) is 0 Å². The molecule has 456 valence electrons. The second-order valence-corrected chi connectivity index (χ2v) is 19.8. The molecule has 6 nitrogen and oxygen atoms in total. The Morgan fingerprint density at radius 3 is 0.771 bits per heavy atom. The van der Waals surface area contributed by atoms with Crippen LogP contribution < -0.4 is 0 Å². The van der Waals surface area contributed by atoms with E-state index in [0.717, 1.165) is 154 Å². The zero-order valence-corrected chi connectivity index (χ0v) is 52.1. The lowest BCUT2D eigenvalue weighted by atomic mass is 10.1. The van der Waals surface area contributed by atoms with Gasteiger partial charge in [0.05, 0.1) is 0 Å². The fraction of sp³-hybridized carbons (Fsp3) is 0.468. The molecule has 0 aliphatic rings. The van der Waals surface area contributed by atoms with E-state index in [1.807, 2.05) is 12.2 Å². The minimum atomic E-state index is -0.862. The van der Waals surface area contributed by atoms with Gasteiger partial charge in [-0.1, -0.05) is 265 Å². The summed E-state index contributed by atoms with van der Waals surface area (Å²) in [7, 11) is 0. The van der Waals surface area contributed by atoms with Gasteiger partial charge in [0.15, 0.2) is 6.10 Å². The number of esters is 3. The molecule has 0 saturated carbocycles. The monoisotopic (exact) mass is 1130 g/mol. The standard InChI is InChI=1S/C77H112O6/c1-4-7-10-13-16-19-22-25-27-29-31-33-35-36-37-38-39-40-42-43-45-47-49-52-55-58-61-64-67-70-76(79)82-73-74(72-81-75(78)69-66-63-60-57-54-51-24-21-18-15-12-9-6-3)83-77(80)71-68-65-62-59-56-53-50-48-46-44-41-34-32-30-28-26-23-20-17-14-11-8-5-2/h7-12,16-21,25-28,31-34,36-37,39-40,43-46,49-54,58,60-61,63,74H,4-6,13-15,22-24,29-30,35,38,41-42,47-48,55-57,59,62,64-73H2,1-3H3/b10-7-,11-8-,12-9-,19-16-,20-17-,21-18-,27-25-,28-26-,33-31-,34-32-,37-36-,40-39-,45-43-,46-44-,52-49-,53-50-,54-51-,61-58-,63-60-. The predicted molar refractivity (Wildman–Crippen MR) is 361 cm³/mol. The number of carbonyl (C=O) groups is 3. The predicted octanol–water partition coefficient (Wildman–Crippen LogP) is 22.3. The van der Waals surface area contributed by atoms with Crippen LogP contribution in [-0.4, -0.2) is 37.2 Å². The highest BCUT2D eigenvalue weighted by atomic mass is 16.6. The maximum atomic E-state index is 12.9. The maximum absolute atomic E-state index is 12.9. The van der Waals surface area contributed by atoms with E-state index >= 15 is 0 Å². The Bertz CT molecular complexity index is 2130. The first-order chi connectivity index (χ1) is 41.0. The van der Waals surface area contributed by atoms with Gasteiger partial charge in [-0.2, -0.15) is 0 Å². The molecule has 0 N–H and O–H groups in total. The topological polar surface area (TPSA) is 78.9 Å². The molecule has 0 spiro atoms. The molecule has 6 heteroatoms. The minimum Gasteiger partial charge on any atom is -0.462 e. The Morgan fingerprint density at radius 1 is 0.241 bits per heavy atom. The number of ether oxygens (including phenoxy) is 3. The molecule has 0 rings (SSSR count). The van der Waals surface area contributed by atoms with Crippen LogP contribution in [0.3, 0.4) is 0 Å². The summed E-state index contributed by atoms with van der Waals surface area (Å²) < 4.78 is 16.7. The van der Waals surface area contributed by atoms with Crippen LogP contribution in [0, 0.1) is 0 Å². The highest BCUT2D eigenvalue weighted by Crippen LogP contribution is 2.11. The first-order valence-electron chi connectivity index (χ1n) is 31.9. The van der Waals surface area contributed by atoms with Gasteiger partial charge in [-0.3, -0.25) is 14.4 Å². The summed E-state index contributed by atoms with van der Waals surface area (Å²) in [5.74, 6) is -1.13. The molecule has 0 aromatic carbocycles. The minimum absolute atomic E-state index is 0.156. The molecule has 1 atom stereocenters. The van der Waals surface area contributed by atoms with Crippen LogP contribution >= 0.6 is 0 Å². The van der Waals surface area contributed by atoms with Crippen LogP contribution in [-0.2, 0) is 28.6 Å². The van der Waals surface area contributed by atoms with Gasteiger partial charge < -0.3 is 14.2 Å². The summed E-state index contributed by atoms with van der Waals surface area (Å²) in [6, 6.07) is 0. The SMILES string of the molecule is CC/C=C\C/C=C\C/C=C\C/C=C\C/C=C\C/C=C\C/C=C\C/C=C\C/C=C\CCCC(=O)OCC(COC(=O)CC/C=C\C/C=C\C/C=C\C/C=C\CC)OC(=O)CCCCCC/C=C\C/C=C\C/C=C\C/C=C\C/C=C\C/C=C\CC. The molecule has 0 radical (unpaired) electrons. The molecule has 0 amide bonds. The number of allylic oxidation sites excluding steroid dienone is 38. The summed E-state index contributed by atoms with van der Waals surface area (Å²) in [6.45, 7) is 6.13. The summed E-state index contributed by atoms with van der Waals surface area (Å²) in [4.78, 5) is 38.2. The molecule has 0 aliphatic heterocycles. The van der Waals surface area contributed by atoms with Crippen molar-refractivity contribution in [3.8, 4) is 0 Å². The largest absolute Gasteiger partial charge is 0.462 e. The van der Waals surface area contributed by atoms with Gasteiger partial charge in [0, 0.05) is 19.3 Å². The van der Waals surface area contributed by atoms with Crippen molar-refractivity contribution in [1.29, 1.82) is 0 Å². The van der Waals surface area contributed by atoms with Gasteiger partial charge in [0.25, 0.3) is 0 Å². The summed E-state index contributed by atoms with van der Waals surface area (Å²) in [5, 5.41) is 0. The van der Waals surface area contributed by atoms with Gasteiger partial charge in [-0.25, -0.2) is 0 Å². The molecule has 0 fully saturated rings. The lowest BCUT2D eigenvalue weighted by Crippen LogP contribution is -2.30. The Kier molecular flexibility index (Phi) is 62.6. The molecule has 0 heterocycles. The smallest absolute Gasteiger partial charge is 0.306 e. The Hall–Kier alpha value is -6.53. The Labute approximate surface area is 507 Å². The van der Waals surface area contributed by atoms with Crippen LogP contribution in [0.2, 0.25) is 0 Å². The van der Waals surface area contributed by atoms with E-state index in [1.165, 1.54) is 0 Å². The number of unbranched alkanes of at least 4 members (excludes halogenated alkanes) is 5. The van der Waals surface area contributed by atoms with Crippen LogP contribution in [0.1, 0.15) is 213 Å². The van der Waals surface area contributed by atoms with E-state index in [1.54, 1.807) is 0 Å². The molecular formula is C77H112O6. The van der Waals surface area contributed by atoms with Gasteiger partial charge in [-0.05, 0) is 161 Å². The second-order valence-electron chi connectivity index (χ2n) is 19.8. The third-order valence-corrected chi connectivity index (χ3v) is 12.2. The van der Waals surface area contributed by atoms with Gasteiger partial charge in [0.2, 0.25) is 0 Å². The third-order valence-electron chi connectivity index (χ3n) is 12.2. The van der Waals surface area contributed by atoms with Crippen LogP contribution in [0.15, 0.2) is 231 Å². The zero-order chi connectivity index (χ0) is 59.9. The molecular weight excluding hydrogens is 1020 g/mol. The number of carbonyl (C=O) groups excluding carboxylic acids is 3. The molecule has 0 saturated heterocycles. The highest BCUT2D eigenvalue weighted by molar-refractivity contribution is 5.71. The molecule has 0 bridgehead atoms. The molecule has 1 unspecified atom stereocenters. The first-order valence-corrected chi connectivity index (χ1v) is 31.9. The Balaban J connectivity index is 4.59. The first kappa shape index (κ1) is 76.5. The molecule has 0 aromatic rings. The van der Waals surface area contributed by atoms with E-state index in [0.29, 0.717) is 19.3 Å². The summed E-state index contributed by atoms with van der Waals surface area (Å²) in [6.07, 6.45) is 108. The average Bonchev–Trinajstić information content (AvgIpc) is 3.49. The van der Waals surface area contributed by atoms with Gasteiger partial charge >= 0.3 is 17.9 Å². The van der Waals surface area contributed by atoms with E-state index in [9.17, 15) is 14.4 Å². The average molecular weight is 1130 g/mol. The van der Waals surface area contributed by atoms with Crippen molar-refractivity contribution < 1.29 is 28.6 Å². The zero-order valence-electron chi connectivity index (χ0n) is 52.1. The van der Waals surface area contributed by atoms with Crippen molar-refractivity contribution in [2.45, 2.75) is 219 Å². The van der Waals surface area contributed by atoms with Crippen molar-refractivity contribution in [1.82, 2.24) is 0 Å². The van der Waals surface area contributed by atoms with Gasteiger partial charge in [-0.15, -0.1) is 0 Å². The van der Waals surface area contributed by atoms with Crippen molar-refractivity contribution in [2.24, 2.45) is 0 Å². The van der Waals surface area contributed by atoms with E-state index in [-0.39, 0.29) is 50.4 Å². The fourth-order valence-corrected chi connectivity index (χ4v) is 7.52. The normalized spacial score (nSPS) is 13.7. The lowest BCUT2D eigenvalue weighted by molar-refractivity contribution is -0.166. The Morgan fingerprint density at radius 2 is 0.470 bits per heavy atom. The summed E-state index contributed by atoms with van der Waals surface area (Å²) >= 11 is 0. The molecule has 0 aromatic heterocycles. The summed E-state index contributed by atoms with van der Waals surface area (Å²) in [5.41, 5.74) is 0. The molecule has 83 heavy (non-hydrogen) atoms. The van der Waals surface area contributed by atoms with Crippen LogP contribution in [0.5, 0.6) is 0 Å². The fourth-order valence-electron chi connectivity index (χ4n) is 7.52. The van der Waals surface area contributed by atoms with Crippen molar-refractivity contribution >= 4 is 17.9 Å². The second kappa shape index (κ2) is 68.0. The van der Waals surface area contributed by atoms with E-state index in [2.05, 4.69) is 240 Å². The third kappa shape index (κ3) is 66.2. The lowest BCUT2D eigenvalue weighted by Gasteiger charge is -2.18. The van der Waals surface area contributed by atoms with Crippen molar-refractivity contribution in [2.75, 3.05) is 13.2 Å². The van der Waals surface area contributed by atoms with E-state index < -0.39 is 6.10 Å².